The molecule has 1 aromatic carbocycles. The zero-order valence-electron chi connectivity index (χ0n) is 10.8. The number of pyridine rings is 1. The van der Waals surface area contributed by atoms with Gasteiger partial charge in [-0.3, -0.25) is 0 Å². The minimum Gasteiger partial charge on any atom is -0.481 e. The molecule has 0 unspecified atom stereocenters. The van der Waals surface area contributed by atoms with Crippen LogP contribution in [0.1, 0.15) is 15.9 Å². The highest BCUT2D eigenvalue weighted by Crippen LogP contribution is 2.20. The molecule has 1 aromatic heterocycles. The molecule has 0 atom stereocenters. The quantitative estimate of drug-likeness (QED) is 0.877. The molecule has 6 heteroatoms. The first-order chi connectivity index (χ1) is 9.60. The number of carbonyl (C=O) groups is 1. The van der Waals surface area contributed by atoms with E-state index < -0.39 is 5.97 Å². The maximum Gasteiger partial charge on any atom is 0.335 e. The lowest BCUT2D eigenvalue weighted by molar-refractivity contribution is 0.0697. The summed E-state index contributed by atoms with van der Waals surface area (Å²) in [6.07, 6.45) is 1.68. The van der Waals surface area contributed by atoms with Gasteiger partial charge in [0.2, 0.25) is 5.88 Å². The molecule has 2 aromatic rings. The molecule has 0 aliphatic carbocycles. The lowest BCUT2D eigenvalue weighted by Gasteiger charge is -2.09. The fourth-order valence-corrected chi connectivity index (χ4v) is 2.15. The minimum atomic E-state index is -0.940. The van der Waals surface area contributed by atoms with Crippen LogP contribution in [0.3, 0.4) is 0 Å². The van der Waals surface area contributed by atoms with Gasteiger partial charge >= 0.3 is 5.97 Å². The summed E-state index contributed by atoms with van der Waals surface area (Å²) in [6.45, 7) is 0.564. The smallest absolute Gasteiger partial charge is 0.335 e. The molecule has 104 valence electrons. The molecule has 0 saturated heterocycles. The Balaban J connectivity index is 2.04. The first kappa shape index (κ1) is 14.3. The number of hydrogen-bond donors (Lipinski definition) is 2. The van der Waals surface area contributed by atoms with Crippen molar-refractivity contribution < 1.29 is 14.6 Å². The number of benzene rings is 1. The number of ether oxygens (including phenoxy) is 1. The summed E-state index contributed by atoms with van der Waals surface area (Å²) in [4.78, 5) is 14.9. The van der Waals surface area contributed by atoms with Crippen molar-refractivity contribution >= 4 is 27.6 Å². The van der Waals surface area contributed by atoms with E-state index in [1.54, 1.807) is 37.6 Å². The molecular formula is C14H13BrN2O3. The summed E-state index contributed by atoms with van der Waals surface area (Å²) in [5.41, 5.74) is 2.08. The fraction of sp³-hybridized carbons (Fsp3) is 0.143. The fourth-order valence-electron chi connectivity index (χ4n) is 1.63. The molecule has 5 nitrogen and oxygen atoms in total. The Morgan fingerprint density at radius 2 is 2.20 bits per heavy atom. The van der Waals surface area contributed by atoms with Crippen LogP contribution in [-0.4, -0.2) is 23.2 Å². The molecule has 0 aliphatic heterocycles. The van der Waals surface area contributed by atoms with E-state index in [4.69, 9.17) is 9.84 Å². The Morgan fingerprint density at radius 1 is 1.40 bits per heavy atom. The monoisotopic (exact) mass is 336 g/mol. The van der Waals surface area contributed by atoms with Crippen molar-refractivity contribution in [1.29, 1.82) is 0 Å². The molecule has 0 spiro atoms. The van der Waals surface area contributed by atoms with E-state index in [9.17, 15) is 4.79 Å². The molecule has 0 aliphatic rings. The number of methoxy groups -OCH3 is 1. The summed E-state index contributed by atoms with van der Waals surface area (Å²) in [5, 5.41) is 12.1. The topological polar surface area (TPSA) is 71.5 Å². The van der Waals surface area contributed by atoms with Gasteiger partial charge in [0.25, 0.3) is 0 Å². The molecule has 0 fully saturated rings. The van der Waals surface area contributed by atoms with Crippen molar-refractivity contribution in [2.45, 2.75) is 6.54 Å². The van der Waals surface area contributed by atoms with Gasteiger partial charge in [0.1, 0.15) is 0 Å². The predicted molar refractivity (Wildman–Crippen MR) is 79.2 cm³/mol. The third kappa shape index (κ3) is 3.48. The van der Waals surface area contributed by atoms with Crippen LogP contribution in [0.2, 0.25) is 0 Å². The normalized spacial score (nSPS) is 10.1. The van der Waals surface area contributed by atoms with Gasteiger partial charge in [-0.2, -0.15) is 0 Å². The van der Waals surface area contributed by atoms with Crippen molar-refractivity contribution in [3.8, 4) is 5.88 Å². The van der Waals surface area contributed by atoms with Crippen molar-refractivity contribution in [2.75, 3.05) is 12.4 Å². The standard InChI is InChI=1S/C14H13BrN2O3/c1-20-13-5-4-11(8-17-13)16-7-10-3-2-9(14(18)19)6-12(10)15/h2-6,8,16H,7H2,1H3,(H,18,19). The number of nitrogens with zero attached hydrogens (tertiary/aromatic N) is 1. The van der Waals surface area contributed by atoms with Gasteiger partial charge < -0.3 is 15.2 Å². The minimum absolute atomic E-state index is 0.256. The summed E-state index contributed by atoms with van der Waals surface area (Å²) in [5.74, 6) is -0.382. The van der Waals surface area contributed by atoms with Crippen molar-refractivity contribution in [1.82, 2.24) is 4.98 Å². The first-order valence-electron chi connectivity index (χ1n) is 5.86. The summed E-state index contributed by atoms with van der Waals surface area (Å²) in [7, 11) is 1.57. The van der Waals surface area contributed by atoms with Crippen LogP contribution in [-0.2, 0) is 6.54 Å². The van der Waals surface area contributed by atoms with Crippen LogP contribution >= 0.6 is 15.9 Å². The second-order valence-electron chi connectivity index (χ2n) is 4.05. The molecule has 20 heavy (non-hydrogen) atoms. The average Bonchev–Trinajstić information content (AvgIpc) is 2.46. The molecule has 1 heterocycles. The summed E-state index contributed by atoms with van der Waals surface area (Å²) in [6, 6.07) is 8.58. The Morgan fingerprint density at radius 3 is 2.75 bits per heavy atom. The van der Waals surface area contributed by atoms with E-state index in [-0.39, 0.29) is 5.56 Å². The van der Waals surface area contributed by atoms with E-state index in [1.165, 1.54) is 0 Å². The molecule has 2 rings (SSSR count). The van der Waals surface area contributed by atoms with E-state index in [2.05, 4.69) is 26.2 Å². The number of carboxylic acids is 1. The van der Waals surface area contributed by atoms with Gasteiger partial charge in [-0.15, -0.1) is 0 Å². The highest BCUT2D eigenvalue weighted by molar-refractivity contribution is 9.10. The van der Waals surface area contributed by atoms with Crippen LogP contribution < -0.4 is 10.1 Å². The maximum absolute atomic E-state index is 10.8. The number of aromatic nitrogens is 1. The highest BCUT2D eigenvalue weighted by atomic mass is 79.9. The zero-order chi connectivity index (χ0) is 14.5. The van der Waals surface area contributed by atoms with Gasteiger partial charge in [-0.25, -0.2) is 9.78 Å². The van der Waals surface area contributed by atoms with Crippen molar-refractivity contribution in [3.63, 3.8) is 0 Å². The maximum atomic E-state index is 10.8. The molecule has 0 amide bonds. The van der Waals surface area contributed by atoms with E-state index in [1.807, 2.05) is 6.07 Å². The molecule has 2 N–H and O–H groups in total. The van der Waals surface area contributed by atoms with Gasteiger partial charge in [0.05, 0.1) is 24.6 Å². The van der Waals surface area contributed by atoms with Crippen LogP contribution in [0.25, 0.3) is 0 Å². The second kappa shape index (κ2) is 6.38. The van der Waals surface area contributed by atoms with Crippen molar-refractivity contribution in [3.05, 3.63) is 52.1 Å². The van der Waals surface area contributed by atoms with Crippen LogP contribution in [0.15, 0.2) is 41.0 Å². The Bertz CT molecular complexity index is 614. The Kier molecular flexibility index (Phi) is 4.57. The number of hydrogen-bond acceptors (Lipinski definition) is 4. The number of halogens is 1. The third-order valence-electron chi connectivity index (χ3n) is 2.73. The predicted octanol–water partition coefficient (Wildman–Crippen LogP) is 3.16. The second-order valence-corrected chi connectivity index (χ2v) is 4.91. The van der Waals surface area contributed by atoms with Crippen LogP contribution in [0, 0.1) is 0 Å². The Hall–Kier alpha value is -2.08. The number of carboxylic acid groups (broad SMARTS) is 1. The van der Waals surface area contributed by atoms with E-state index in [0.717, 1.165) is 15.7 Å². The number of nitrogens with one attached hydrogen (secondary N) is 1. The van der Waals surface area contributed by atoms with Gasteiger partial charge in [-0.05, 0) is 23.8 Å². The van der Waals surface area contributed by atoms with Gasteiger partial charge in [-0.1, -0.05) is 22.0 Å². The van der Waals surface area contributed by atoms with Gasteiger partial charge in [0, 0.05) is 17.1 Å². The number of aromatic carboxylic acids is 1. The largest absolute Gasteiger partial charge is 0.481 e. The molecule has 0 radical (unpaired) electrons. The first-order valence-corrected chi connectivity index (χ1v) is 6.65. The third-order valence-corrected chi connectivity index (χ3v) is 3.47. The zero-order valence-corrected chi connectivity index (χ0v) is 12.3. The Labute approximate surface area is 124 Å². The SMILES string of the molecule is COc1ccc(NCc2ccc(C(=O)O)cc2Br)cn1. The molecule has 0 bridgehead atoms. The van der Waals surface area contributed by atoms with E-state index in [0.29, 0.717) is 12.4 Å². The lowest BCUT2D eigenvalue weighted by atomic mass is 10.1. The average molecular weight is 337 g/mol. The lowest BCUT2D eigenvalue weighted by Crippen LogP contribution is -2.03. The summed E-state index contributed by atoms with van der Waals surface area (Å²) < 4.78 is 5.74. The summed E-state index contributed by atoms with van der Waals surface area (Å²) >= 11 is 3.37. The number of rotatable bonds is 5. The highest BCUT2D eigenvalue weighted by Gasteiger charge is 2.06. The van der Waals surface area contributed by atoms with E-state index >= 15 is 0 Å². The van der Waals surface area contributed by atoms with Crippen molar-refractivity contribution in [2.24, 2.45) is 0 Å². The number of anilines is 1. The van der Waals surface area contributed by atoms with Crippen LogP contribution in [0.5, 0.6) is 5.88 Å². The van der Waals surface area contributed by atoms with Crippen LogP contribution in [0.4, 0.5) is 5.69 Å². The molecular weight excluding hydrogens is 324 g/mol. The molecule has 0 saturated carbocycles. The van der Waals surface area contributed by atoms with Gasteiger partial charge in [0.15, 0.2) is 0 Å².